The van der Waals surface area contributed by atoms with Gasteiger partial charge in [-0.25, -0.2) is 4.98 Å². The monoisotopic (exact) mass is 482 g/mol. The molecule has 0 saturated heterocycles. The van der Waals surface area contributed by atoms with Crippen LogP contribution in [0.4, 0.5) is 0 Å². The first-order valence-electron chi connectivity index (χ1n) is 12.4. The van der Waals surface area contributed by atoms with Crippen molar-refractivity contribution in [3.8, 4) is 5.69 Å². The number of aromatic nitrogens is 9. The fourth-order valence-electron chi connectivity index (χ4n) is 5.00. The molecule has 6 rings (SSSR count). The molecular formula is C26H30N10. The molecule has 1 N–H and O–H groups in total. The van der Waals surface area contributed by atoms with Crippen LogP contribution >= 0.6 is 0 Å². The summed E-state index contributed by atoms with van der Waals surface area (Å²) in [4.78, 5) is 4.65. The van der Waals surface area contributed by atoms with Crippen molar-refractivity contribution in [2.45, 2.75) is 59.0 Å². The Labute approximate surface area is 209 Å². The van der Waals surface area contributed by atoms with Crippen LogP contribution < -0.4 is 5.32 Å². The summed E-state index contributed by atoms with van der Waals surface area (Å²) < 4.78 is 5.88. The van der Waals surface area contributed by atoms with Gasteiger partial charge < -0.3 is 9.72 Å². The van der Waals surface area contributed by atoms with Gasteiger partial charge >= 0.3 is 0 Å². The molecule has 36 heavy (non-hydrogen) atoms. The van der Waals surface area contributed by atoms with Crippen molar-refractivity contribution in [3.63, 3.8) is 0 Å². The molecule has 10 heteroatoms. The van der Waals surface area contributed by atoms with Crippen molar-refractivity contribution >= 4 is 5.65 Å². The number of rotatable bonds is 8. The van der Waals surface area contributed by atoms with E-state index in [4.69, 9.17) is 0 Å². The molecule has 0 aliphatic heterocycles. The van der Waals surface area contributed by atoms with Gasteiger partial charge in [-0.15, -0.1) is 10.2 Å². The smallest absolute Gasteiger partial charge is 0.179 e. The molecule has 1 aliphatic carbocycles. The van der Waals surface area contributed by atoms with Crippen LogP contribution in [-0.4, -0.2) is 51.1 Å². The van der Waals surface area contributed by atoms with Crippen LogP contribution in [0.15, 0.2) is 42.9 Å². The fourth-order valence-corrected chi connectivity index (χ4v) is 5.00. The molecule has 10 nitrogen and oxygen atoms in total. The third-order valence-corrected chi connectivity index (χ3v) is 6.82. The van der Waals surface area contributed by atoms with Gasteiger partial charge in [0.15, 0.2) is 5.82 Å². The molecular weight excluding hydrogens is 452 g/mol. The van der Waals surface area contributed by atoms with Crippen molar-refractivity contribution in [3.05, 3.63) is 82.3 Å². The number of hydrogen-bond donors (Lipinski definition) is 1. The maximum absolute atomic E-state index is 4.65. The van der Waals surface area contributed by atoms with E-state index in [-0.39, 0.29) is 6.04 Å². The summed E-state index contributed by atoms with van der Waals surface area (Å²) in [5.74, 6) is 1.30. The molecule has 4 aromatic heterocycles. The zero-order valence-electron chi connectivity index (χ0n) is 21.0. The van der Waals surface area contributed by atoms with Crippen LogP contribution in [-0.2, 0) is 6.54 Å². The quantitative estimate of drug-likeness (QED) is 0.362. The second-order valence-corrected chi connectivity index (χ2v) is 9.88. The molecule has 1 saturated carbocycles. The van der Waals surface area contributed by atoms with E-state index in [2.05, 4.69) is 98.8 Å². The molecule has 0 spiro atoms. The van der Waals surface area contributed by atoms with Crippen molar-refractivity contribution in [2.24, 2.45) is 0 Å². The lowest BCUT2D eigenvalue weighted by Crippen LogP contribution is -2.30. The van der Waals surface area contributed by atoms with Crippen LogP contribution in [0.25, 0.3) is 11.3 Å². The SMILES string of the molecule is Cc1cc(C)c(-n2nnnc2C(NCCn2cc(C3CC3)nn2)c2cnc3ccc(C)cn23)c(C)c1. The number of aryl methyl sites for hydroxylation is 4. The maximum atomic E-state index is 4.65. The lowest BCUT2D eigenvalue weighted by molar-refractivity contribution is 0.489. The summed E-state index contributed by atoms with van der Waals surface area (Å²) in [6.45, 7) is 9.74. The van der Waals surface area contributed by atoms with Gasteiger partial charge in [0.2, 0.25) is 0 Å². The van der Waals surface area contributed by atoms with Crippen molar-refractivity contribution in [1.82, 2.24) is 49.9 Å². The van der Waals surface area contributed by atoms with Gasteiger partial charge in [-0.1, -0.05) is 29.0 Å². The summed E-state index contributed by atoms with van der Waals surface area (Å²) >= 11 is 0. The first-order valence-corrected chi connectivity index (χ1v) is 12.4. The van der Waals surface area contributed by atoms with E-state index in [1.807, 2.05) is 21.6 Å². The van der Waals surface area contributed by atoms with Crippen LogP contribution in [0.3, 0.4) is 0 Å². The van der Waals surface area contributed by atoms with Crippen LogP contribution in [0.1, 0.15) is 64.3 Å². The molecule has 0 bridgehead atoms. The van der Waals surface area contributed by atoms with Gasteiger partial charge in [0.05, 0.1) is 29.8 Å². The van der Waals surface area contributed by atoms with E-state index in [0.29, 0.717) is 24.8 Å². The van der Waals surface area contributed by atoms with E-state index in [9.17, 15) is 0 Å². The van der Waals surface area contributed by atoms with E-state index < -0.39 is 0 Å². The molecule has 4 heterocycles. The summed E-state index contributed by atoms with van der Waals surface area (Å²) in [5.41, 5.74) is 8.59. The fraction of sp³-hybridized carbons (Fsp3) is 0.385. The number of pyridine rings is 1. The molecule has 0 radical (unpaired) electrons. The lowest BCUT2D eigenvalue weighted by atomic mass is 10.0. The summed E-state index contributed by atoms with van der Waals surface area (Å²) in [6.07, 6.45) is 8.50. The van der Waals surface area contributed by atoms with E-state index in [1.165, 1.54) is 18.4 Å². The first kappa shape index (κ1) is 22.5. The number of imidazole rings is 1. The van der Waals surface area contributed by atoms with Crippen LogP contribution in [0.2, 0.25) is 0 Å². The van der Waals surface area contributed by atoms with Gasteiger partial charge in [0, 0.05) is 24.9 Å². The van der Waals surface area contributed by atoms with Gasteiger partial charge in [0.1, 0.15) is 11.7 Å². The normalized spacial score (nSPS) is 14.6. The maximum Gasteiger partial charge on any atom is 0.179 e. The average Bonchev–Trinajstić information content (AvgIpc) is 3.21. The second kappa shape index (κ2) is 8.94. The Morgan fingerprint density at radius 1 is 0.972 bits per heavy atom. The molecule has 1 unspecified atom stereocenters. The van der Waals surface area contributed by atoms with E-state index in [0.717, 1.165) is 39.4 Å². The molecule has 1 atom stereocenters. The Bertz CT molecular complexity index is 1510. The second-order valence-electron chi connectivity index (χ2n) is 9.88. The number of benzene rings is 1. The topological polar surface area (TPSA) is 104 Å². The number of fused-ring (bicyclic) bond motifs is 1. The van der Waals surface area contributed by atoms with Crippen LogP contribution in [0, 0.1) is 27.7 Å². The van der Waals surface area contributed by atoms with E-state index >= 15 is 0 Å². The predicted molar refractivity (Wildman–Crippen MR) is 135 cm³/mol. The van der Waals surface area contributed by atoms with Gasteiger partial charge in [0.25, 0.3) is 0 Å². The highest BCUT2D eigenvalue weighted by atomic mass is 15.6. The molecule has 1 aromatic carbocycles. The zero-order chi connectivity index (χ0) is 24.8. The highest BCUT2D eigenvalue weighted by molar-refractivity contribution is 5.50. The predicted octanol–water partition coefficient (Wildman–Crippen LogP) is 3.39. The van der Waals surface area contributed by atoms with Crippen molar-refractivity contribution in [1.29, 1.82) is 0 Å². The highest BCUT2D eigenvalue weighted by Gasteiger charge is 2.28. The lowest BCUT2D eigenvalue weighted by Gasteiger charge is -2.20. The Morgan fingerprint density at radius 3 is 2.56 bits per heavy atom. The van der Waals surface area contributed by atoms with E-state index in [1.54, 1.807) is 0 Å². The number of nitrogens with zero attached hydrogens (tertiary/aromatic N) is 9. The molecule has 0 amide bonds. The van der Waals surface area contributed by atoms with Crippen LogP contribution in [0.5, 0.6) is 0 Å². The standard InChI is InChI=1S/C26H30N10/c1-16-5-8-23-28-13-22(35(23)14-16)24(27-9-10-34-15-21(29-32-34)20-6-7-20)26-30-31-33-36(26)25-18(3)11-17(2)12-19(25)4/h5,8,11-15,20,24,27H,6-7,9-10H2,1-4H3. The number of tetrazole rings is 1. The molecule has 1 aliphatic rings. The Balaban J connectivity index is 1.37. The molecule has 1 fully saturated rings. The average molecular weight is 483 g/mol. The largest absolute Gasteiger partial charge is 0.302 e. The van der Waals surface area contributed by atoms with Gasteiger partial charge in [-0.05, 0) is 73.7 Å². The Hall–Kier alpha value is -3.92. The van der Waals surface area contributed by atoms with Gasteiger partial charge in [-0.3, -0.25) is 4.68 Å². The molecule has 5 aromatic rings. The minimum Gasteiger partial charge on any atom is -0.302 e. The van der Waals surface area contributed by atoms with Crippen molar-refractivity contribution in [2.75, 3.05) is 6.54 Å². The number of nitrogens with one attached hydrogen (secondary N) is 1. The third-order valence-electron chi connectivity index (χ3n) is 6.82. The third kappa shape index (κ3) is 4.17. The zero-order valence-corrected chi connectivity index (χ0v) is 21.0. The first-order chi connectivity index (χ1) is 17.5. The highest BCUT2D eigenvalue weighted by Crippen LogP contribution is 2.38. The summed E-state index contributed by atoms with van der Waals surface area (Å²) in [5, 5.41) is 25.4. The van der Waals surface area contributed by atoms with Crippen molar-refractivity contribution < 1.29 is 0 Å². The summed E-state index contributed by atoms with van der Waals surface area (Å²) in [6, 6.07) is 8.14. The minimum atomic E-state index is -0.289. The Kier molecular flexibility index (Phi) is 5.60. The summed E-state index contributed by atoms with van der Waals surface area (Å²) in [7, 11) is 0. The molecule has 184 valence electrons. The van der Waals surface area contributed by atoms with Gasteiger partial charge in [-0.2, -0.15) is 4.68 Å². The number of hydrogen-bond acceptors (Lipinski definition) is 7. The minimum absolute atomic E-state index is 0.289. The Morgan fingerprint density at radius 2 is 1.78 bits per heavy atom.